The van der Waals surface area contributed by atoms with E-state index in [1.165, 1.54) is 6.07 Å². The zero-order valence-electron chi connectivity index (χ0n) is 8.23. The molecule has 1 N–H and O–H groups in total. The van der Waals surface area contributed by atoms with Gasteiger partial charge in [0.2, 0.25) is 0 Å². The molecule has 1 rings (SSSR count). The van der Waals surface area contributed by atoms with Crippen LogP contribution in [0.15, 0.2) is 12.1 Å². The van der Waals surface area contributed by atoms with Crippen molar-refractivity contribution in [1.29, 1.82) is 0 Å². The summed E-state index contributed by atoms with van der Waals surface area (Å²) in [5, 5.41) is 8.67. The molecule has 0 spiro atoms. The predicted molar refractivity (Wildman–Crippen MR) is 52.8 cm³/mol. The Labute approximate surface area is 94.6 Å². The second-order valence-corrected chi connectivity index (χ2v) is 3.58. The average Bonchev–Trinajstić information content (AvgIpc) is 2.14. The number of hydrogen-bond donors (Lipinski definition) is 1. The van der Waals surface area contributed by atoms with Crippen LogP contribution < -0.4 is 0 Å². The van der Waals surface area contributed by atoms with Gasteiger partial charge in [-0.15, -0.1) is 0 Å². The van der Waals surface area contributed by atoms with Crippen LogP contribution in [0.25, 0.3) is 0 Å². The molecule has 16 heavy (non-hydrogen) atoms. The van der Waals surface area contributed by atoms with Crippen LogP contribution in [0.1, 0.15) is 28.4 Å². The quantitative estimate of drug-likeness (QED) is 0.873. The summed E-state index contributed by atoms with van der Waals surface area (Å²) in [5.41, 5.74) is -1.85. The Bertz CT molecular complexity index is 427. The summed E-state index contributed by atoms with van der Waals surface area (Å²) in [6.45, 7) is 1.57. The predicted octanol–water partition coefficient (Wildman–Crippen LogP) is 3.62. The fourth-order valence-electron chi connectivity index (χ4n) is 1.42. The largest absolute Gasteiger partial charge is 0.478 e. The van der Waals surface area contributed by atoms with Gasteiger partial charge >= 0.3 is 12.1 Å². The molecule has 0 aliphatic heterocycles. The van der Waals surface area contributed by atoms with Crippen molar-refractivity contribution in [2.24, 2.45) is 0 Å². The summed E-state index contributed by atoms with van der Waals surface area (Å²) in [5.74, 6) is -1.60. The third-order valence-corrected chi connectivity index (χ3v) is 2.30. The van der Waals surface area contributed by atoms with Gasteiger partial charge < -0.3 is 5.11 Å². The number of hydrogen-bond acceptors (Lipinski definition) is 1. The maximum absolute atomic E-state index is 12.6. The monoisotopic (exact) mass is 252 g/mol. The van der Waals surface area contributed by atoms with E-state index in [0.29, 0.717) is 6.07 Å². The lowest BCUT2D eigenvalue weighted by Crippen LogP contribution is -2.15. The normalized spacial score (nSPS) is 11.6. The summed E-state index contributed by atoms with van der Waals surface area (Å²) < 4.78 is 37.7. The Morgan fingerprint density at radius 2 is 2.00 bits per heavy atom. The number of benzene rings is 1. The van der Waals surface area contributed by atoms with Crippen LogP contribution in [0.5, 0.6) is 0 Å². The number of carbonyl (C=O) groups is 1. The molecular weight excluding hydrogens is 245 g/mol. The van der Waals surface area contributed by atoms with Gasteiger partial charge in [0.25, 0.3) is 0 Å². The van der Waals surface area contributed by atoms with Crippen molar-refractivity contribution in [1.82, 2.24) is 0 Å². The molecule has 0 saturated heterocycles. The zero-order chi connectivity index (χ0) is 12.5. The second kappa shape index (κ2) is 4.33. The zero-order valence-corrected chi connectivity index (χ0v) is 8.99. The fourth-order valence-corrected chi connectivity index (χ4v) is 1.66. The molecule has 0 saturated carbocycles. The van der Waals surface area contributed by atoms with Crippen molar-refractivity contribution in [3.05, 3.63) is 33.8 Å². The highest BCUT2D eigenvalue weighted by molar-refractivity contribution is 6.30. The Morgan fingerprint density at radius 1 is 1.44 bits per heavy atom. The molecule has 88 valence electrons. The lowest BCUT2D eigenvalue weighted by atomic mass is 9.99. The number of carboxylic acids is 1. The van der Waals surface area contributed by atoms with E-state index in [0.717, 1.165) is 0 Å². The SMILES string of the molecule is CCc1cc(Cl)cc(C(F)(F)F)c1C(=O)O. The first-order valence-corrected chi connectivity index (χ1v) is 4.78. The number of aryl methyl sites for hydroxylation is 1. The highest BCUT2D eigenvalue weighted by Crippen LogP contribution is 2.35. The van der Waals surface area contributed by atoms with Crippen molar-refractivity contribution < 1.29 is 23.1 Å². The third-order valence-electron chi connectivity index (χ3n) is 2.08. The molecular formula is C10H8ClF3O2. The molecule has 6 heteroatoms. The van der Waals surface area contributed by atoms with Crippen LogP contribution in [-0.2, 0) is 12.6 Å². The molecule has 0 amide bonds. The highest BCUT2D eigenvalue weighted by Gasteiger charge is 2.36. The molecule has 2 nitrogen and oxygen atoms in total. The minimum Gasteiger partial charge on any atom is -0.478 e. The second-order valence-electron chi connectivity index (χ2n) is 3.14. The summed E-state index contributed by atoms with van der Waals surface area (Å²) in [6, 6.07) is 1.87. The average molecular weight is 253 g/mol. The van der Waals surface area contributed by atoms with Crippen molar-refractivity contribution in [3.63, 3.8) is 0 Å². The van der Waals surface area contributed by atoms with Gasteiger partial charge in [-0.3, -0.25) is 0 Å². The van der Waals surface area contributed by atoms with Gasteiger partial charge in [0.15, 0.2) is 0 Å². The van der Waals surface area contributed by atoms with E-state index < -0.39 is 23.3 Å². The molecule has 0 fully saturated rings. The van der Waals surface area contributed by atoms with Gasteiger partial charge in [0.1, 0.15) is 0 Å². The fraction of sp³-hybridized carbons (Fsp3) is 0.300. The maximum Gasteiger partial charge on any atom is 0.417 e. The number of aromatic carboxylic acids is 1. The van der Waals surface area contributed by atoms with Gasteiger partial charge in [0.05, 0.1) is 11.1 Å². The van der Waals surface area contributed by atoms with Crippen LogP contribution in [0.2, 0.25) is 5.02 Å². The van der Waals surface area contributed by atoms with Gasteiger partial charge in [-0.1, -0.05) is 18.5 Å². The maximum atomic E-state index is 12.6. The van der Waals surface area contributed by atoms with E-state index in [1.54, 1.807) is 6.92 Å². The number of halogens is 4. The van der Waals surface area contributed by atoms with Gasteiger partial charge in [-0.05, 0) is 24.1 Å². The number of carboxylic acid groups (broad SMARTS) is 1. The molecule has 0 heterocycles. The van der Waals surface area contributed by atoms with Crippen LogP contribution in [0, 0.1) is 0 Å². The first-order chi connectivity index (χ1) is 7.27. The smallest absolute Gasteiger partial charge is 0.417 e. The van der Waals surface area contributed by atoms with E-state index in [-0.39, 0.29) is 17.0 Å². The van der Waals surface area contributed by atoms with E-state index in [4.69, 9.17) is 16.7 Å². The van der Waals surface area contributed by atoms with Gasteiger partial charge in [-0.2, -0.15) is 13.2 Å². The van der Waals surface area contributed by atoms with E-state index in [1.807, 2.05) is 0 Å². The highest BCUT2D eigenvalue weighted by atomic mass is 35.5. The molecule has 0 aromatic heterocycles. The Morgan fingerprint density at radius 3 is 2.38 bits per heavy atom. The summed E-state index contributed by atoms with van der Waals surface area (Å²) in [6.07, 6.45) is -4.55. The minimum absolute atomic E-state index is 0.0762. The van der Waals surface area contributed by atoms with Gasteiger partial charge in [-0.25, -0.2) is 4.79 Å². The molecule has 1 aromatic carbocycles. The minimum atomic E-state index is -4.72. The first kappa shape index (κ1) is 12.8. The molecule has 0 radical (unpaired) electrons. The lowest BCUT2D eigenvalue weighted by Gasteiger charge is -2.13. The van der Waals surface area contributed by atoms with Crippen LogP contribution in [0.3, 0.4) is 0 Å². The Balaban J connectivity index is 3.57. The number of rotatable bonds is 2. The van der Waals surface area contributed by atoms with Crippen molar-refractivity contribution in [2.45, 2.75) is 19.5 Å². The van der Waals surface area contributed by atoms with Crippen LogP contribution >= 0.6 is 11.6 Å². The molecule has 0 aliphatic rings. The van der Waals surface area contributed by atoms with Crippen molar-refractivity contribution >= 4 is 17.6 Å². The molecule has 0 unspecified atom stereocenters. The molecule has 0 aliphatic carbocycles. The summed E-state index contributed by atoms with van der Waals surface area (Å²) in [4.78, 5) is 10.8. The summed E-state index contributed by atoms with van der Waals surface area (Å²) >= 11 is 5.52. The Kier molecular flexibility index (Phi) is 3.48. The van der Waals surface area contributed by atoms with E-state index in [2.05, 4.69) is 0 Å². The summed E-state index contributed by atoms with van der Waals surface area (Å²) in [7, 11) is 0. The lowest BCUT2D eigenvalue weighted by molar-refractivity contribution is -0.138. The molecule has 0 bridgehead atoms. The molecule has 0 atom stereocenters. The first-order valence-electron chi connectivity index (χ1n) is 4.40. The topological polar surface area (TPSA) is 37.3 Å². The standard InChI is InChI=1S/C10H8ClF3O2/c1-2-5-3-6(11)4-7(10(12,13)14)8(5)9(15)16/h3-4H,2H2,1H3,(H,15,16). The van der Waals surface area contributed by atoms with Gasteiger partial charge in [0, 0.05) is 5.02 Å². The van der Waals surface area contributed by atoms with E-state index in [9.17, 15) is 18.0 Å². The van der Waals surface area contributed by atoms with Crippen molar-refractivity contribution in [2.75, 3.05) is 0 Å². The number of alkyl halides is 3. The molecule has 1 aromatic rings. The third kappa shape index (κ3) is 2.47. The Hall–Kier alpha value is -1.23. The van der Waals surface area contributed by atoms with Crippen LogP contribution in [0.4, 0.5) is 13.2 Å². The van der Waals surface area contributed by atoms with Crippen LogP contribution in [-0.4, -0.2) is 11.1 Å². The van der Waals surface area contributed by atoms with Crippen molar-refractivity contribution in [3.8, 4) is 0 Å². The van der Waals surface area contributed by atoms with E-state index >= 15 is 0 Å².